The molecule has 0 saturated heterocycles. The van der Waals surface area contributed by atoms with Crippen LogP contribution in [0.4, 0.5) is 13.2 Å². The third-order valence-corrected chi connectivity index (χ3v) is 3.12. The predicted molar refractivity (Wildman–Crippen MR) is 81.1 cm³/mol. The summed E-state index contributed by atoms with van der Waals surface area (Å²) < 4.78 is 43.1. The molecule has 0 atom stereocenters. The van der Waals surface area contributed by atoms with Crippen LogP contribution in [0.15, 0.2) is 41.0 Å². The number of amides is 1. The maximum absolute atomic E-state index is 12.7. The van der Waals surface area contributed by atoms with Crippen LogP contribution in [-0.4, -0.2) is 17.9 Å². The van der Waals surface area contributed by atoms with E-state index in [0.29, 0.717) is 16.9 Å². The number of furan rings is 1. The largest absolute Gasteiger partial charge is 0.467 e. The summed E-state index contributed by atoms with van der Waals surface area (Å²) in [6, 6.07) is 6.41. The summed E-state index contributed by atoms with van der Waals surface area (Å²) in [5.41, 5.74) is 5.37. The Morgan fingerprint density at radius 2 is 2.00 bits per heavy atom. The third-order valence-electron chi connectivity index (χ3n) is 3.12. The number of hydrogen-bond acceptors (Lipinski definition) is 3. The Bertz CT molecular complexity index is 671. The first-order chi connectivity index (χ1) is 10.3. The second-order valence-corrected chi connectivity index (χ2v) is 4.87. The van der Waals surface area contributed by atoms with Gasteiger partial charge in [0.1, 0.15) is 12.0 Å². The highest BCUT2D eigenvalue weighted by atomic mass is 35.5. The van der Waals surface area contributed by atoms with E-state index in [1.807, 2.05) is 0 Å². The molecule has 1 amide bonds. The number of halogens is 4. The van der Waals surface area contributed by atoms with E-state index in [2.05, 4.69) is 0 Å². The van der Waals surface area contributed by atoms with Gasteiger partial charge >= 0.3 is 6.18 Å². The zero-order valence-corrected chi connectivity index (χ0v) is 13.1. The lowest BCUT2D eigenvalue weighted by molar-refractivity contribution is -0.137. The van der Waals surface area contributed by atoms with Gasteiger partial charge in [0.05, 0.1) is 17.7 Å². The molecule has 0 unspecified atom stereocenters. The van der Waals surface area contributed by atoms with Crippen molar-refractivity contribution in [3.63, 3.8) is 0 Å². The molecule has 0 aliphatic carbocycles. The normalized spacial score (nSPS) is 11.0. The Morgan fingerprint density at radius 3 is 2.57 bits per heavy atom. The van der Waals surface area contributed by atoms with Crippen LogP contribution < -0.4 is 5.73 Å². The van der Waals surface area contributed by atoms with Crippen molar-refractivity contribution < 1.29 is 22.4 Å². The monoisotopic (exact) mass is 348 g/mol. The van der Waals surface area contributed by atoms with Gasteiger partial charge in [-0.1, -0.05) is 12.1 Å². The van der Waals surface area contributed by atoms with Gasteiger partial charge in [0, 0.05) is 13.6 Å². The standard InChI is InChI=1S/C15H15F3N2O2.ClH/c1-20(14(21)11-6-13(7-19)22-9-11)8-10-3-2-4-12(5-10)15(16,17)18;/h2-6,9H,7-8,19H2,1H3;1H. The Balaban J connectivity index is 0.00000264. The molecule has 8 heteroatoms. The van der Waals surface area contributed by atoms with Gasteiger partial charge in [-0.05, 0) is 23.8 Å². The molecule has 1 heterocycles. The molecule has 2 N–H and O–H groups in total. The molecule has 1 aromatic heterocycles. The van der Waals surface area contributed by atoms with Crippen molar-refractivity contribution in [2.45, 2.75) is 19.3 Å². The second kappa shape index (κ2) is 7.52. The lowest BCUT2D eigenvalue weighted by atomic mass is 10.1. The molecule has 0 fully saturated rings. The lowest BCUT2D eigenvalue weighted by Gasteiger charge is -2.17. The highest BCUT2D eigenvalue weighted by Gasteiger charge is 2.30. The summed E-state index contributed by atoms with van der Waals surface area (Å²) in [5, 5.41) is 0. The van der Waals surface area contributed by atoms with Crippen LogP contribution in [0.3, 0.4) is 0 Å². The highest BCUT2D eigenvalue weighted by molar-refractivity contribution is 5.93. The summed E-state index contributed by atoms with van der Waals surface area (Å²) in [6.45, 7) is 0.233. The fourth-order valence-electron chi connectivity index (χ4n) is 2.01. The molecule has 0 bridgehead atoms. The highest BCUT2D eigenvalue weighted by Crippen LogP contribution is 2.29. The van der Waals surface area contributed by atoms with E-state index < -0.39 is 11.7 Å². The first-order valence-electron chi connectivity index (χ1n) is 6.50. The molecule has 0 radical (unpaired) electrons. The van der Waals surface area contributed by atoms with Gasteiger partial charge < -0.3 is 15.1 Å². The molecule has 0 aliphatic rings. The fraction of sp³-hybridized carbons (Fsp3) is 0.267. The Hall–Kier alpha value is -1.99. The average Bonchev–Trinajstić information content (AvgIpc) is 2.94. The van der Waals surface area contributed by atoms with Gasteiger partial charge in [0.2, 0.25) is 0 Å². The van der Waals surface area contributed by atoms with E-state index >= 15 is 0 Å². The van der Waals surface area contributed by atoms with E-state index in [1.165, 1.54) is 30.3 Å². The number of rotatable bonds is 4. The fourth-order valence-corrected chi connectivity index (χ4v) is 2.01. The SMILES string of the molecule is CN(Cc1cccc(C(F)(F)F)c1)C(=O)c1coc(CN)c1.Cl. The first kappa shape index (κ1) is 19.1. The molecule has 0 saturated carbocycles. The van der Waals surface area contributed by atoms with Gasteiger partial charge in [-0.2, -0.15) is 13.2 Å². The van der Waals surface area contributed by atoms with Crippen molar-refractivity contribution in [3.05, 3.63) is 59.0 Å². The predicted octanol–water partition coefficient (Wildman–Crippen LogP) is 3.45. The van der Waals surface area contributed by atoms with Gasteiger partial charge in [-0.25, -0.2) is 0 Å². The summed E-state index contributed by atoms with van der Waals surface area (Å²) in [7, 11) is 1.51. The molecular formula is C15H16ClF3N2O2. The number of nitrogens with two attached hydrogens (primary N) is 1. The number of alkyl halides is 3. The topological polar surface area (TPSA) is 59.5 Å². The summed E-state index contributed by atoms with van der Waals surface area (Å²) in [4.78, 5) is 13.5. The second-order valence-electron chi connectivity index (χ2n) is 4.87. The quantitative estimate of drug-likeness (QED) is 0.920. The number of carbonyl (C=O) groups excluding carboxylic acids is 1. The first-order valence-corrected chi connectivity index (χ1v) is 6.50. The van der Waals surface area contributed by atoms with Crippen LogP contribution in [0.2, 0.25) is 0 Å². The van der Waals surface area contributed by atoms with Crippen molar-refractivity contribution in [3.8, 4) is 0 Å². The van der Waals surface area contributed by atoms with Crippen LogP contribution >= 0.6 is 12.4 Å². The van der Waals surface area contributed by atoms with E-state index in [1.54, 1.807) is 6.07 Å². The minimum absolute atomic E-state index is 0. The maximum atomic E-state index is 12.7. The molecule has 2 rings (SSSR count). The molecule has 4 nitrogen and oxygen atoms in total. The summed E-state index contributed by atoms with van der Waals surface area (Å²) in [6.07, 6.45) is -3.12. The average molecular weight is 349 g/mol. The van der Waals surface area contributed by atoms with Crippen LogP contribution in [0.25, 0.3) is 0 Å². The van der Waals surface area contributed by atoms with Crippen molar-refractivity contribution in [1.29, 1.82) is 0 Å². The Labute approximate surface area is 137 Å². The molecule has 2 aromatic rings. The van der Waals surface area contributed by atoms with Crippen molar-refractivity contribution in [1.82, 2.24) is 4.90 Å². The van der Waals surface area contributed by atoms with Crippen molar-refractivity contribution >= 4 is 18.3 Å². The van der Waals surface area contributed by atoms with Crippen LogP contribution in [0.1, 0.15) is 27.2 Å². The van der Waals surface area contributed by atoms with Gasteiger partial charge in [0.25, 0.3) is 5.91 Å². The van der Waals surface area contributed by atoms with E-state index in [0.717, 1.165) is 12.1 Å². The van der Waals surface area contributed by atoms with Gasteiger partial charge in [-0.3, -0.25) is 4.79 Å². The molecule has 0 aliphatic heterocycles. The Morgan fingerprint density at radius 1 is 1.30 bits per heavy atom. The minimum Gasteiger partial charge on any atom is -0.467 e. The van der Waals surface area contributed by atoms with Gasteiger partial charge in [0.15, 0.2) is 0 Å². The number of hydrogen-bond donors (Lipinski definition) is 1. The van der Waals surface area contributed by atoms with Gasteiger partial charge in [-0.15, -0.1) is 12.4 Å². The Kier molecular flexibility index (Phi) is 6.23. The molecule has 126 valence electrons. The smallest absolute Gasteiger partial charge is 0.416 e. The third kappa shape index (κ3) is 4.74. The van der Waals surface area contributed by atoms with Crippen molar-refractivity contribution in [2.75, 3.05) is 7.05 Å². The number of carbonyl (C=O) groups is 1. The molecule has 0 spiro atoms. The maximum Gasteiger partial charge on any atom is 0.416 e. The molecule has 23 heavy (non-hydrogen) atoms. The van der Waals surface area contributed by atoms with Crippen LogP contribution in [0, 0.1) is 0 Å². The minimum atomic E-state index is -4.40. The number of nitrogens with zero attached hydrogens (tertiary/aromatic N) is 1. The summed E-state index contributed by atoms with van der Waals surface area (Å²) in [5.74, 6) is 0.122. The summed E-state index contributed by atoms with van der Waals surface area (Å²) >= 11 is 0. The molecule has 1 aromatic carbocycles. The zero-order valence-electron chi connectivity index (χ0n) is 12.3. The van der Waals surface area contributed by atoms with Crippen molar-refractivity contribution in [2.24, 2.45) is 5.73 Å². The zero-order chi connectivity index (χ0) is 16.3. The molecular weight excluding hydrogens is 333 g/mol. The van der Waals surface area contributed by atoms with Crippen LogP contribution in [0.5, 0.6) is 0 Å². The van der Waals surface area contributed by atoms with E-state index in [9.17, 15) is 18.0 Å². The number of benzene rings is 1. The van der Waals surface area contributed by atoms with Crippen LogP contribution in [-0.2, 0) is 19.3 Å². The lowest BCUT2D eigenvalue weighted by Crippen LogP contribution is -2.26. The van der Waals surface area contributed by atoms with E-state index in [-0.39, 0.29) is 31.4 Å². The van der Waals surface area contributed by atoms with E-state index in [4.69, 9.17) is 10.2 Å².